The number of rotatable bonds is 5. The van der Waals surface area contributed by atoms with Crippen LogP contribution in [0.25, 0.3) is 0 Å². The summed E-state index contributed by atoms with van der Waals surface area (Å²) in [6, 6.07) is 0. The van der Waals surface area contributed by atoms with E-state index >= 15 is 0 Å². The minimum atomic E-state index is -4.52. The van der Waals surface area contributed by atoms with Crippen molar-refractivity contribution in [2.45, 2.75) is 41.5 Å². The third-order valence-corrected chi connectivity index (χ3v) is 22.1. The van der Waals surface area contributed by atoms with Gasteiger partial charge in [-0.3, -0.25) is 0 Å². The van der Waals surface area contributed by atoms with Gasteiger partial charge >= 0.3 is 110 Å². The summed E-state index contributed by atoms with van der Waals surface area (Å²) in [7, 11) is 1.73. The molecule has 0 saturated carbocycles. The van der Waals surface area contributed by atoms with Crippen molar-refractivity contribution in [1.82, 2.24) is 3.26 Å². The van der Waals surface area contributed by atoms with Crippen LogP contribution in [-0.4, -0.2) is 28.6 Å². The molecule has 0 aromatic rings. The van der Waals surface area contributed by atoms with Crippen molar-refractivity contribution in [1.29, 1.82) is 0 Å². The Bertz CT molecular complexity index is 494. The van der Waals surface area contributed by atoms with E-state index in [9.17, 15) is 5.11 Å². The number of halogens is 2. The van der Waals surface area contributed by atoms with Gasteiger partial charge in [-0.1, -0.05) is 0 Å². The Morgan fingerprint density at radius 2 is 1.95 bits per heavy atom. The molecule has 1 aliphatic rings. The van der Waals surface area contributed by atoms with Gasteiger partial charge in [-0.05, 0) is 0 Å². The van der Waals surface area contributed by atoms with E-state index in [2.05, 4.69) is 51.1 Å². The molecule has 0 saturated heterocycles. The van der Waals surface area contributed by atoms with Crippen molar-refractivity contribution < 1.29 is 25.5 Å². The average Bonchev–Trinajstić information content (AvgIpc) is 2.69. The molecule has 0 atom stereocenters. The van der Waals surface area contributed by atoms with Gasteiger partial charge in [0, 0.05) is 0 Å². The molecule has 0 bridgehead atoms. The van der Waals surface area contributed by atoms with E-state index in [4.69, 9.17) is 2.81 Å². The van der Waals surface area contributed by atoms with Crippen LogP contribution < -0.4 is 3.26 Å². The molecule has 20 heavy (non-hydrogen) atoms. The molecule has 1 aliphatic carbocycles. The van der Waals surface area contributed by atoms with E-state index in [-0.39, 0.29) is 37.0 Å². The van der Waals surface area contributed by atoms with Crippen molar-refractivity contribution >= 4 is 29.0 Å². The summed E-state index contributed by atoms with van der Waals surface area (Å²) in [4.78, 5) is 0. The molecule has 0 unspecified atom stereocenters. The van der Waals surface area contributed by atoms with Crippen molar-refractivity contribution in [3.8, 4) is 0 Å². The first-order chi connectivity index (χ1) is 8.00. The van der Waals surface area contributed by atoms with Gasteiger partial charge < -0.3 is 0 Å². The molecule has 0 radical (unpaired) electrons. The first-order valence-electron chi connectivity index (χ1n) is 6.60. The van der Waals surface area contributed by atoms with E-state index in [1.54, 1.807) is 7.11 Å². The normalized spacial score (nSPS) is 18.4. The molecule has 0 spiro atoms. The number of allylic oxidation sites excluding steroid dienone is 4. The Morgan fingerprint density at radius 1 is 1.40 bits per heavy atom. The SMILES string of the molecule is Cl.Cl.[CH2]=[Zr]([CH3])([CH2]CO)([NH]C(C)(C)C)([O]C)[C]1=CC=CC1. The zero-order valence-corrected chi connectivity index (χ0v) is 17.3. The molecule has 6 heteroatoms. The summed E-state index contributed by atoms with van der Waals surface area (Å²) in [5.41, 5.74) is -0.109. The fourth-order valence-corrected chi connectivity index (χ4v) is 17.5. The van der Waals surface area contributed by atoms with Crippen LogP contribution in [0.3, 0.4) is 0 Å². The van der Waals surface area contributed by atoms with Gasteiger partial charge in [0.05, 0.1) is 0 Å². The predicted octanol–water partition coefficient (Wildman–Crippen LogP) is 3.65. The summed E-state index contributed by atoms with van der Waals surface area (Å²) < 4.78 is 18.4. The van der Waals surface area contributed by atoms with Gasteiger partial charge in [-0.2, -0.15) is 0 Å². The van der Waals surface area contributed by atoms with E-state index in [0.29, 0.717) is 4.13 Å². The molecule has 0 aromatic carbocycles. The molecule has 0 aliphatic heterocycles. The summed E-state index contributed by atoms with van der Waals surface area (Å²) in [6.45, 7) is 6.45. The van der Waals surface area contributed by atoms with Crippen LogP contribution in [0.5, 0.6) is 0 Å². The first kappa shape index (κ1) is 23.0. The monoisotopic (exact) mass is 404 g/mol. The summed E-state index contributed by atoms with van der Waals surface area (Å²) >= 11 is -4.52. The quantitative estimate of drug-likeness (QED) is 0.732. The van der Waals surface area contributed by atoms with Crippen molar-refractivity contribution in [3.05, 3.63) is 21.5 Å². The molecule has 0 amide bonds. The Kier molecular flexibility index (Phi) is 7.39. The van der Waals surface area contributed by atoms with Crippen LogP contribution in [0, 0.1) is 0 Å². The van der Waals surface area contributed by atoms with E-state index in [1.165, 1.54) is 3.28 Å². The van der Waals surface area contributed by atoms with Gasteiger partial charge in [0.2, 0.25) is 0 Å². The Labute approximate surface area is 134 Å². The number of hydrogen-bond acceptors (Lipinski definition) is 3. The molecule has 0 aromatic heterocycles. The second-order valence-electron chi connectivity index (χ2n) is 7.36. The summed E-state index contributed by atoms with van der Waals surface area (Å²) in [6.07, 6.45) is 7.16. The van der Waals surface area contributed by atoms with Gasteiger partial charge in [0.25, 0.3) is 0 Å². The zero-order valence-electron chi connectivity index (χ0n) is 13.2. The predicted molar refractivity (Wildman–Crippen MR) is 91.1 cm³/mol. The first-order valence-corrected chi connectivity index (χ1v) is 16.0. The van der Waals surface area contributed by atoms with Crippen LogP contribution >= 0.6 is 24.8 Å². The Morgan fingerprint density at radius 3 is 2.25 bits per heavy atom. The fraction of sp³-hybridized carbons (Fsp3) is 0.643. The average molecular weight is 407 g/mol. The van der Waals surface area contributed by atoms with Gasteiger partial charge in [0.15, 0.2) is 0 Å². The third-order valence-electron chi connectivity index (χ3n) is 4.22. The molecular weight excluding hydrogens is 376 g/mol. The van der Waals surface area contributed by atoms with E-state index < -0.39 is 17.5 Å². The number of aliphatic hydroxyl groups excluding tert-OH is 1. The molecule has 0 heterocycles. The third kappa shape index (κ3) is 4.35. The number of aliphatic hydroxyl groups is 1. The van der Waals surface area contributed by atoms with Gasteiger partial charge in [0.1, 0.15) is 0 Å². The molecular formula is C14H30Cl2NO2Zr. The van der Waals surface area contributed by atoms with Crippen LogP contribution in [0.2, 0.25) is 8.76 Å². The summed E-state index contributed by atoms with van der Waals surface area (Å²) in [5, 5.41) is 9.56. The van der Waals surface area contributed by atoms with Crippen LogP contribution in [-0.2, 0) is 20.4 Å². The molecule has 3 nitrogen and oxygen atoms in total. The topological polar surface area (TPSA) is 41.5 Å². The second kappa shape index (κ2) is 6.44. The Balaban J connectivity index is 0. The molecule has 2 N–H and O–H groups in total. The number of nitrogens with one attached hydrogen (secondary N) is 1. The van der Waals surface area contributed by atoms with Crippen LogP contribution in [0.4, 0.5) is 0 Å². The number of hydrogen-bond donors (Lipinski definition) is 2. The van der Waals surface area contributed by atoms with E-state index in [0.717, 1.165) is 6.42 Å². The maximum absolute atomic E-state index is 9.56. The van der Waals surface area contributed by atoms with Crippen LogP contribution in [0.15, 0.2) is 21.5 Å². The van der Waals surface area contributed by atoms with Crippen molar-refractivity contribution in [2.75, 3.05) is 13.7 Å². The van der Waals surface area contributed by atoms with Crippen molar-refractivity contribution in [3.63, 3.8) is 0 Å². The second-order valence-corrected chi connectivity index (χ2v) is 26.5. The van der Waals surface area contributed by atoms with Gasteiger partial charge in [-0.15, -0.1) is 24.8 Å². The standard InChI is InChI=1S/C5H5.C4H10N.C2H5O.CH3O.CH3.CH2.2ClH.Zr/c1-2-4-5-3-1;1-4(2,3)5;1-2-3;1-2;;;;;/h1-3H,4H2;5H,1-3H3;3H,1-2H2;1H3;1H3;1H2;2*1H;/q;-1;;-1;;;;;+2. The summed E-state index contributed by atoms with van der Waals surface area (Å²) in [5.74, 6) is 0. The Hall–Kier alpha value is 0.693. The minimum absolute atomic E-state index is 0. The maximum atomic E-state index is 9.56. The van der Waals surface area contributed by atoms with E-state index in [1.807, 2.05) is 0 Å². The molecule has 121 valence electrons. The fourth-order valence-electron chi connectivity index (χ4n) is 3.24. The molecule has 1 rings (SSSR count). The van der Waals surface area contributed by atoms with Gasteiger partial charge in [-0.25, -0.2) is 0 Å². The van der Waals surface area contributed by atoms with Crippen molar-refractivity contribution in [2.24, 2.45) is 0 Å². The molecule has 0 fully saturated rings. The zero-order chi connectivity index (χ0) is 14.1. The van der Waals surface area contributed by atoms with Crippen LogP contribution in [0.1, 0.15) is 27.2 Å².